The zero-order chi connectivity index (χ0) is 12.5. The van der Waals surface area contributed by atoms with E-state index in [0.29, 0.717) is 18.2 Å². The van der Waals surface area contributed by atoms with E-state index in [0.717, 1.165) is 30.7 Å². The van der Waals surface area contributed by atoms with Gasteiger partial charge in [-0.1, -0.05) is 0 Å². The molecule has 0 N–H and O–H groups in total. The van der Waals surface area contributed by atoms with E-state index in [1.54, 1.807) is 0 Å². The van der Waals surface area contributed by atoms with Crippen LogP contribution in [-0.2, 0) is 9.57 Å². The van der Waals surface area contributed by atoms with E-state index in [1.807, 2.05) is 0 Å². The summed E-state index contributed by atoms with van der Waals surface area (Å²) >= 11 is 0. The number of hydroxylamine groups is 2. The van der Waals surface area contributed by atoms with Gasteiger partial charge in [-0.05, 0) is 58.3 Å². The van der Waals surface area contributed by atoms with Crippen LogP contribution in [0.3, 0.4) is 0 Å². The van der Waals surface area contributed by atoms with Crippen LogP contribution in [0.5, 0.6) is 0 Å². The molecule has 18 heavy (non-hydrogen) atoms. The molecule has 2 aliphatic carbocycles. The van der Waals surface area contributed by atoms with E-state index < -0.39 is 0 Å². The van der Waals surface area contributed by atoms with Gasteiger partial charge in [-0.3, -0.25) is 4.84 Å². The number of rotatable bonds is 1. The van der Waals surface area contributed by atoms with Gasteiger partial charge in [0.1, 0.15) is 0 Å². The molecule has 0 unspecified atom stereocenters. The highest BCUT2D eigenvalue weighted by atomic mass is 16.7. The van der Waals surface area contributed by atoms with Gasteiger partial charge >= 0.3 is 0 Å². The van der Waals surface area contributed by atoms with Gasteiger partial charge in [0.05, 0.1) is 23.9 Å². The molecule has 2 aliphatic heterocycles. The molecule has 0 aromatic heterocycles. The lowest BCUT2D eigenvalue weighted by Gasteiger charge is -2.33. The first-order chi connectivity index (χ1) is 8.53. The predicted molar refractivity (Wildman–Crippen MR) is 68.9 cm³/mol. The van der Waals surface area contributed by atoms with Crippen molar-refractivity contribution < 1.29 is 9.57 Å². The van der Waals surface area contributed by atoms with Crippen LogP contribution in [0.2, 0.25) is 0 Å². The minimum absolute atomic E-state index is 0.0314. The van der Waals surface area contributed by atoms with E-state index in [1.165, 1.54) is 19.3 Å². The van der Waals surface area contributed by atoms with E-state index >= 15 is 0 Å². The molecular formula is C15H25NO2. The fourth-order valence-electron chi connectivity index (χ4n) is 4.97. The number of hydrogen-bond acceptors (Lipinski definition) is 3. The van der Waals surface area contributed by atoms with E-state index in [4.69, 9.17) is 9.57 Å². The van der Waals surface area contributed by atoms with Crippen LogP contribution in [0.1, 0.15) is 46.5 Å². The van der Waals surface area contributed by atoms with Crippen molar-refractivity contribution in [2.45, 2.75) is 70.3 Å². The Bertz CT molecular complexity index is 351. The van der Waals surface area contributed by atoms with E-state index in [-0.39, 0.29) is 5.60 Å². The molecule has 2 saturated heterocycles. The molecule has 3 heteroatoms. The molecule has 0 radical (unpaired) electrons. The highest BCUT2D eigenvalue weighted by Gasteiger charge is 2.61. The quantitative estimate of drug-likeness (QED) is 0.715. The standard InChI is InChI=1S/C15H25NO2/c1-15(2,3)17-11-6-7-16-13(11)12-9-4-5-10(8-9)14(12)18-16/h9-14H,4-8H2,1-3H3/t9-,10+,11-,12-,13-,14-/m0/s1. The van der Waals surface area contributed by atoms with Crippen molar-refractivity contribution in [1.82, 2.24) is 5.06 Å². The third-order valence-electron chi connectivity index (χ3n) is 5.41. The number of fused-ring (bicyclic) bond motifs is 7. The van der Waals surface area contributed by atoms with E-state index in [9.17, 15) is 0 Å². The van der Waals surface area contributed by atoms with Gasteiger partial charge in [-0.2, -0.15) is 5.06 Å². The normalized spacial score (nSPS) is 50.8. The van der Waals surface area contributed by atoms with Gasteiger partial charge < -0.3 is 4.74 Å². The summed E-state index contributed by atoms with van der Waals surface area (Å²) in [5.41, 5.74) is -0.0314. The molecule has 3 nitrogen and oxygen atoms in total. The van der Waals surface area contributed by atoms with Crippen molar-refractivity contribution in [3.63, 3.8) is 0 Å². The molecule has 4 rings (SSSR count). The second-order valence-corrected chi connectivity index (χ2v) is 7.67. The molecule has 0 amide bonds. The summed E-state index contributed by atoms with van der Waals surface area (Å²) in [6, 6.07) is 0.546. The molecule has 2 bridgehead atoms. The first-order valence-corrected chi connectivity index (χ1v) is 7.64. The third kappa shape index (κ3) is 1.60. The second-order valence-electron chi connectivity index (χ2n) is 7.67. The SMILES string of the molecule is CC(C)(C)O[C@H]1CCN2O[C@H]3[C@@H]4CC[C@@H](C4)[C@H]3[C@H]12. The van der Waals surface area contributed by atoms with Crippen LogP contribution < -0.4 is 0 Å². The lowest BCUT2D eigenvalue weighted by molar-refractivity contribution is -0.168. The Kier molecular flexibility index (Phi) is 2.41. The van der Waals surface area contributed by atoms with Crippen molar-refractivity contribution in [2.24, 2.45) is 17.8 Å². The average molecular weight is 251 g/mol. The van der Waals surface area contributed by atoms with Crippen molar-refractivity contribution >= 4 is 0 Å². The molecule has 2 heterocycles. The first-order valence-electron chi connectivity index (χ1n) is 7.64. The maximum Gasteiger partial charge on any atom is 0.0869 e. The summed E-state index contributed by atoms with van der Waals surface area (Å²) in [5, 5.41) is 2.27. The van der Waals surface area contributed by atoms with Crippen molar-refractivity contribution in [2.75, 3.05) is 6.54 Å². The monoisotopic (exact) mass is 251 g/mol. The highest BCUT2D eigenvalue weighted by Crippen LogP contribution is 2.57. The van der Waals surface area contributed by atoms with Crippen molar-refractivity contribution in [3.05, 3.63) is 0 Å². The highest BCUT2D eigenvalue weighted by molar-refractivity contribution is 5.08. The van der Waals surface area contributed by atoms with Crippen LogP contribution in [0.15, 0.2) is 0 Å². The van der Waals surface area contributed by atoms with Crippen LogP contribution in [-0.4, -0.2) is 35.5 Å². The summed E-state index contributed by atoms with van der Waals surface area (Å²) in [7, 11) is 0. The molecule has 6 atom stereocenters. The summed E-state index contributed by atoms with van der Waals surface area (Å²) in [6.07, 6.45) is 6.31. The molecule has 4 aliphatic rings. The molecule has 2 saturated carbocycles. The van der Waals surface area contributed by atoms with Crippen LogP contribution in [0, 0.1) is 17.8 Å². The van der Waals surface area contributed by atoms with Gasteiger partial charge in [0.2, 0.25) is 0 Å². The fraction of sp³-hybridized carbons (Fsp3) is 1.00. The largest absolute Gasteiger partial charge is 0.371 e. The average Bonchev–Trinajstić information content (AvgIpc) is 2.93. The number of hydrogen-bond donors (Lipinski definition) is 0. The fourth-order valence-corrected chi connectivity index (χ4v) is 4.97. The molecule has 0 aromatic carbocycles. The molecule has 0 aromatic rings. The Morgan fingerprint density at radius 2 is 1.89 bits per heavy atom. The summed E-state index contributed by atoms with van der Waals surface area (Å²) in [4.78, 5) is 6.24. The topological polar surface area (TPSA) is 21.7 Å². The Labute approximate surface area is 110 Å². The summed E-state index contributed by atoms with van der Waals surface area (Å²) < 4.78 is 6.31. The van der Waals surface area contributed by atoms with Crippen LogP contribution in [0.4, 0.5) is 0 Å². The van der Waals surface area contributed by atoms with Crippen LogP contribution >= 0.6 is 0 Å². The molecule has 4 fully saturated rings. The summed E-state index contributed by atoms with van der Waals surface area (Å²) in [6.45, 7) is 7.58. The maximum absolute atomic E-state index is 6.31. The van der Waals surface area contributed by atoms with Crippen molar-refractivity contribution in [3.8, 4) is 0 Å². The molecular weight excluding hydrogens is 226 g/mol. The maximum atomic E-state index is 6.31. The van der Waals surface area contributed by atoms with Gasteiger partial charge in [-0.25, -0.2) is 0 Å². The van der Waals surface area contributed by atoms with E-state index in [2.05, 4.69) is 25.8 Å². The molecule has 0 spiro atoms. The zero-order valence-electron chi connectivity index (χ0n) is 11.8. The number of ether oxygens (including phenoxy) is 1. The Morgan fingerprint density at radius 3 is 2.67 bits per heavy atom. The van der Waals surface area contributed by atoms with Crippen LogP contribution in [0.25, 0.3) is 0 Å². The minimum atomic E-state index is -0.0314. The minimum Gasteiger partial charge on any atom is -0.371 e. The first kappa shape index (κ1) is 11.7. The van der Waals surface area contributed by atoms with Gasteiger partial charge in [0, 0.05) is 12.5 Å². The Morgan fingerprint density at radius 1 is 1.11 bits per heavy atom. The summed E-state index contributed by atoms with van der Waals surface area (Å²) in [5.74, 6) is 2.53. The predicted octanol–water partition coefficient (Wildman–Crippen LogP) is 2.60. The lowest BCUT2D eigenvalue weighted by Crippen LogP contribution is -2.42. The zero-order valence-corrected chi connectivity index (χ0v) is 11.8. The number of nitrogens with zero attached hydrogens (tertiary/aromatic N) is 1. The third-order valence-corrected chi connectivity index (χ3v) is 5.41. The lowest BCUT2D eigenvalue weighted by atomic mass is 9.80. The van der Waals surface area contributed by atoms with Gasteiger partial charge in [0.25, 0.3) is 0 Å². The molecule has 102 valence electrons. The Balaban J connectivity index is 1.56. The smallest absolute Gasteiger partial charge is 0.0869 e. The second kappa shape index (κ2) is 3.71. The van der Waals surface area contributed by atoms with Gasteiger partial charge in [0.15, 0.2) is 0 Å². The Hall–Kier alpha value is -0.120. The van der Waals surface area contributed by atoms with Crippen molar-refractivity contribution in [1.29, 1.82) is 0 Å². The van der Waals surface area contributed by atoms with Gasteiger partial charge in [-0.15, -0.1) is 0 Å².